The summed E-state index contributed by atoms with van der Waals surface area (Å²) in [6, 6.07) is 0. The Bertz CT molecular complexity index is 270. The molecule has 1 aromatic rings. The van der Waals surface area contributed by atoms with Gasteiger partial charge in [0, 0.05) is 31.1 Å². The van der Waals surface area contributed by atoms with E-state index in [0.29, 0.717) is 5.88 Å². The molecule has 0 spiro atoms. The number of halogens is 1. The highest BCUT2D eigenvalue weighted by Gasteiger charge is 2.00. The molecule has 2 nitrogen and oxygen atoms in total. The first-order chi connectivity index (χ1) is 5.74. The number of aromatic nitrogens is 2. The average molecular weight is 203 g/mol. The second kappa shape index (κ2) is 4.58. The first kappa shape index (κ1) is 9.68. The van der Waals surface area contributed by atoms with E-state index in [0.717, 1.165) is 16.5 Å². The van der Waals surface area contributed by atoms with Gasteiger partial charge in [-0.25, -0.2) is 4.98 Å². The van der Waals surface area contributed by atoms with E-state index in [1.165, 1.54) is 0 Å². The maximum atomic E-state index is 5.59. The molecule has 0 amide bonds. The Morgan fingerprint density at radius 1 is 1.83 bits per heavy atom. The third-order valence-corrected chi connectivity index (χ3v) is 2.95. The van der Waals surface area contributed by atoms with Crippen molar-refractivity contribution in [3.05, 3.63) is 24.5 Å². The number of hydrogen-bond acceptors (Lipinski definition) is 2. The third kappa shape index (κ3) is 2.57. The molecular weight excluding hydrogens is 192 g/mol. The van der Waals surface area contributed by atoms with Gasteiger partial charge in [-0.1, -0.05) is 23.9 Å². The molecule has 0 bridgehead atoms. The summed E-state index contributed by atoms with van der Waals surface area (Å²) < 4.78 is 1.98. The molecular formula is C8H11ClN2S. The van der Waals surface area contributed by atoms with Crippen molar-refractivity contribution < 1.29 is 0 Å². The number of thioether (sulfide) groups is 1. The molecule has 0 N–H and O–H groups in total. The minimum atomic E-state index is 0.525. The minimum absolute atomic E-state index is 0.525. The van der Waals surface area contributed by atoms with Gasteiger partial charge in [-0.2, -0.15) is 0 Å². The Balaban J connectivity index is 2.43. The molecule has 0 saturated carbocycles. The molecule has 1 rings (SSSR count). The van der Waals surface area contributed by atoms with Gasteiger partial charge in [0.1, 0.15) is 0 Å². The van der Waals surface area contributed by atoms with Crippen molar-refractivity contribution in [3.8, 4) is 0 Å². The number of imidazole rings is 1. The summed E-state index contributed by atoms with van der Waals surface area (Å²) in [6.45, 7) is 3.81. The first-order valence-corrected chi connectivity index (χ1v) is 5.09. The van der Waals surface area contributed by atoms with Crippen molar-refractivity contribution in [1.29, 1.82) is 0 Å². The second-order valence-corrected chi connectivity index (χ2v) is 3.70. The van der Waals surface area contributed by atoms with E-state index in [4.69, 9.17) is 11.6 Å². The fraction of sp³-hybridized carbons (Fsp3) is 0.375. The summed E-state index contributed by atoms with van der Waals surface area (Å²) in [7, 11) is 1.97. The van der Waals surface area contributed by atoms with Crippen LogP contribution < -0.4 is 0 Å². The van der Waals surface area contributed by atoms with E-state index in [-0.39, 0.29) is 0 Å². The van der Waals surface area contributed by atoms with E-state index in [1.54, 1.807) is 18.0 Å². The van der Waals surface area contributed by atoms with Gasteiger partial charge in [0.15, 0.2) is 5.16 Å². The lowest BCUT2D eigenvalue weighted by molar-refractivity contribution is 0.790. The van der Waals surface area contributed by atoms with Crippen LogP contribution in [-0.2, 0) is 7.05 Å². The normalized spacial score (nSPS) is 10.2. The maximum absolute atomic E-state index is 5.59. The molecule has 0 aromatic carbocycles. The summed E-state index contributed by atoms with van der Waals surface area (Å²) in [6.07, 6.45) is 3.71. The zero-order chi connectivity index (χ0) is 8.97. The number of rotatable bonds is 4. The Labute approximate surface area is 81.6 Å². The van der Waals surface area contributed by atoms with E-state index >= 15 is 0 Å². The van der Waals surface area contributed by atoms with Gasteiger partial charge < -0.3 is 4.57 Å². The summed E-state index contributed by atoms with van der Waals surface area (Å²) in [5.74, 6) is 1.37. The fourth-order valence-electron chi connectivity index (χ4n) is 0.696. The standard InChI is InChI=1S/C8H11ClN2S/c1-7(5-9)6-12-8-10-3-4-11(8)2/h3-4H,1,5-6H2,2H3. The summed E-state index contributed by atoms with van der Waals surface area (Å²) in [5.41, 5.74) is 1.03. The summed E-state index contributed by atoms with van der Waals surface area (Å²) >= 11 is 7.25. The highest BCUT2D eigenvalue weighted by molar-refractivity contribution is 7.99. The number of nitrogens with zero attached hydrogens (tertiary/aromatic N) is 2. The van der Waals surface area contributed by atoms with Crippen LogP contribution in [0.5, 0.6) is 0 Å². The average Bonchev–Trinajstić information content (AvgIpc) is 2.47. The molecule has 0 unspecified atom stereocenters. The van der Waals surface area contributed by atoms with Gasteiger partial charge in [-0.3, -0.25) is 0 Å². The van der Waals surface area contributed by atoms with Crippen LogP contribution in [0.3, 0.4) is 0 Å². The lowest BCUT2D eigenvalue weighted by atomic mass is 10.4. The number of alkyl halides is 1. The maximum Gasteiger partial charge on any atom is 0.167 e. The molecule has 0 aliphatic heterocycles. The topological polar surface area (TPSA) is 17.8 Å². The highest BCUT2D eigenvalue weighted by Crippen LogP contribution is 2.17. The Morgan fingerprint density at radius 3 is 3.08 bits per heavy atom. The van der Waals surface area contributed by atoms with E-state index in [2.05, 4.69) is 11.6 Å². The van der Waals surface area contributed by atoms with E-state index in [9.17, 15) is 0 Å². The van der Waals surface area contributed by atoms with E-state index < -0.39 is 0 Å². The predicted molar refractivity (Wildman–Crippen MR) is 53.8 cm³/mol. The lowest BCUT2D eigenvalue weighted by Gasteiger charge is -2.01. The van der Waals surface area contributed by atoms with Crippen LogP contribution >= 0.6 is 23.4 Å². The smallest absolute Gasteiger partial charge is 0.167 e. The van der Waals surface area contributed by atoms with Gasteiger partial charge in [0.05, 0.1) is 0 Å². The quantitative estimate of drug-likeness (QED) is 0.424. The van der Waals surface area contributed by atoms with Crippen molar-refractivity contribution in [2.24, 2.45) is 7.05 Å². The summed E-state index contributed by atoms with van der Waals surface area (Å²) in [5, 5.41) is 1.00. The predicted octanol–water partition coefficient (Wildman–Crippen LogP) is 2.31. The van der Waals surface area contributed by atoms with Gasteiger partial charge in [-0.05, 0) is 0 Å². The molecule has 0 aliphatic rings. The molecule has 66 valence electrons. The van der Waals surface area contributed by atoms with Crippen molar-refractivity contribution in [3.63, 3.8) is 0 Å². The Morgan fingerprint density at radius 2 is 2.58 bits per heavy atom. The molecule has 1 heterocycles. The molecule has 0 fully saturated rings. The zero-order valence-electron chi connectivity index (χ0n) is 6.96. The van der Waals surface area contributed by atoms with Crippen LogP contribution in [0.4, 0.5) is 0 Å². The van der Waals surface area contributed by atoms with E-state index in [1.807, 2.05) is 17.8 Å². The fourth-order valence-corrected chi connectivity index (χ4v) is 1.74. The number of hydrogen-bond donors (Lipinski definition) is 0. The van der Waals surface area contributed by atoms with Crippen LogP contribution in [0, 0.1) is 0 Å². The number of aryl methyl sites for hydroxylation is 1. The Kier molecular flexibility index (Phi) is 3.69. The monoisotopic (exact) mass is 202 g/mol. The van der Waals surface area contributed by atoms with Gasteiger partial charge in [0.2, 0.25) is 0 Å². The van der Waals surface area contributed by atoms with Gasteiger partial charge >= 0.3 is 0 Å². The third-order valence-electron chi connectivity index (χ3n) is 1.37. The van der Waals surface area contributed by atoms with Crippen LogP contribution in [0.1, 0.15) is 0 Å². The van der Waals surface area contributed by atoms with Gasteiger partial charge in [0.25, 0.3) is 0 Å². The van der Waals surface area contributed by atoms with Crippen LogP contribution in [0.2, 0.25) is 0 Å². The lowest BCUT2D eigenvalue weighted by Crippen LogP contribution is -1.92. The largest absolute Gasteiger partial charge is 0.329 e. The molecule has 1 aromatic heterocycles. The molecule has 0 aliphatic carbocycles. The van der Waals surface area contributed by atoms with Crippen LogP contribution in [0.15, 0.2) is 29.7 Å². The molecule has 4 heteroatoms. The van der Waals surface area contributed by atoms with Crippen molar-refractivity contribution in [2.45, 2.75) is 5.16 Å². The van der Waals surface area contributed by atoms with Crippen LogP contribution in [0.25, 0.3) is 0 Å². The van der Waals surface area contributed by atoms with Crippen molar-refractivity contribution in [2.75, 3.05) is 11.6 Å². The SMILES string of the molecule is C=C(CCl)CSc1nccn1C. The first-order valence-electron chi connectivity index (χ1n) is 3.56. The highest BCUT2D eigenvalue weighted by atomic mass is 35.5. The van der Waals surface area contributed by atoms with Crippen molar-refractivity contribution >= 4 is 23.4 Å². The minimum Gasteiger partial charge on any atom is -0.329 e. The summed E-state index contributed by atoms with van der Waals surface area (Å²) in [4.78, 5) is 4.16. The molecule has 0 radical (unpaired) electrons. The Hall–Kier alpha value is -0.410. The molecule has 0 atom stereocenters. The second-order valence-electron chi connectivity index (χ2n) is 2.49. The molecule has 0 saturated heterocycles. The van der Waals surface area contributed by atoms with Gasteiger partial charge in [-0.15, -0.1) is 11.6 Å². The van der Waals surface area contributed by atoms with Crippen molar-refractivity contribution in [1.82, 2.24) is 9.55 Å². The molecule has 12 heavy (non-hydrogen) atoms. The zero-order valence-corrected chi connectivity index (χ0v) is 8.53. The van der Waals surface area contributed by atoms with Crippen LogP contribution in [-0.4, -0.2) is 21.2 Å².